The van der Waals surface area contributed by atoms with Gasteiger partial charge in [-0.2, -0.15) is 0 Å². The third-order valence-corrected chi connectivity index (χ3v) is 3.32. The number of hydrogen-bond acceptors (Lipinski definition) is 7. The standard InChI is InChI=1S/C8H12O6Si.Ga.H3N.3H/c1-5-15(12-6(2)9,13-7(3)10)14-8(4)11;;;;;/h5H,1H2,2-4H3;;1H3;;;. The van der Waals surface area contributed by atoms with Gasteiger partial charge in [0.05, 0.1) is 0 Å². The summed E-state index contributed by atoms with van der Waals surface area (Å²) in [5.74, 6) is -2.16. The molecule has 0 atom stereocenters. The van der Waals surface area contributed by atoms with Gasteiger partial charge in [-0.25, -0.2) is 0 Å². The van der Waals surface area contributed by atoms with Gasteiger partial charge in [-0.05, 0) is 0 Å². The van der Waals surface area contributed by atoms with Crippen molar-refractivity contribution in [1.29, 1.82) is 0 Å². The first-order valence-corrected chi connectivity index (χ1v) is 5.84. The van der Waals surface area contributed by atoms with E-state index in [4.69, 9.17) is 13.3 Å². The summed E-state index contributed by atoms with van der Waals surface area (Å²) in [5, 5.41) is 0. The van der Waals surface area contributed by atoms with Crippen molar-refractivity contribution in [2.45, 2.75) is 20.8 Å². The van der Waals surface area contributed by atoms with Crippen molar-refractivity contribution in [3.8, 4) is 0 Å². The van der Waals surface area contributed by atoms with Gasteiger partial charge in [0, 0.05) is 26.5 Å². The van der Waals surface area contributed by atoms with Gasteiger partial charge >= 0.3 is 28.6 Å². The van der Waals surface area contributed by atoms with Crippen molar-refractivity contribution in [3.63, 3.8) is 0 Å². The third kappa shape index (κ3) is 8.74. The van der Waals surface area contributed by atoms with Crippen LogP contribution in [-0.4, -0.2) is 46.5 Å². The van der Waals surface area contributed by atoms with Crippen LogP contribution in [0.2, 0.25) is 0 Å². The molecule has 98 valence electrons. The van der Waals surface area contributed by atoms with E-state index < -0.39 is 26.7 Å². The molecule has 0 aromatic heterocycles. The van der Waals surface area contributed by atoms with Gasteiger partial charge < -0.3 is 19.4 Å². The quantitative estimate of drug-likeness (QED) is 0.682. The molecule has 0 aromatic carbocycles. The molecule has 0 heterocycles. The summed E-state index contributed by atoms with van der Waals surface area (Å²) in [6, 6.07) is 0. The van der Waals surface area contributed by atoms with E-state index in [0.29, 0.717) is 0 Å². The van der Waals surface area contributed by atoms with Crippen LogP contribution in [0.25, 0.3) is 0 Å². The number of rotatable bonds is 4. The van der Waals surface area contributed by atoms with E-state index in [2.05, 4.69) is 6.58 Å². The molecule has 9 heteroatoms. The zero-order valence-electron chi connectivity index (χ0n) is 9.44. The molecule has 0 aliphatic rings. The van der Waals surface area contributed by atoms with E-state index >= 15 is 0 Å². The molecule has 3 N–H and O–H groups in total. The minimum atomic E-state index is -3.74. The molecule has 0 amide bonds. The summed E-state index contributed by atoms with van der Waals surface area (Å²) in [6.45, 7) is 6.65. The molecule has 0 unspecified atom stereocenters. The number of carbonyl (C=O) groups is 3. The zero-order valence-corrected chi connectivity index (χ0v) is 10.4. The maximum absolute atomic E-state index is 10.8. The van der Waals surface area contributed by atoms with E-state index in [0.717, 1.165) is 26.5 Å². The van der Waals surface area contributed by atoms with E-state index in [1.165, 1.54) is 0 Å². The van der Waals surface area contributed by atoms with Crippen molar-refractivity contribution in [3.05, 3.63) is 12.3 Å². The maximum atomic E-state index is 10.8. The van der Waals surface area contributed by atoms with Gasteiger partial charge in [0.15, 0.2) is 0 Å². The Balaban J connectivity index is -0.000000980. The molecule has 0 saturated carbocycles. The van der Waals surface area contributed by atoms with Crippen molar-refractivity contribution in [1.82, 2.24) is 6.15 Å². The Labute approximate surface area is 113 Å². The molecule has 0 bridgehead atoms. The first kappa shape index (κ1) is 21.3. The Morgan fingerprint density at radius 1 is 0.941 bits per heavy atom. The fourth-order valence-corrected chi connectivity index (χ4v) is 2.37. The van der Waals surface area contributed by atoms with Crippen LogP contribution >= 0.6 is 0 Å². The topological polar surface area (TPSA) is 114 Å². The first-order valence-electron chi connectivity index (χ1n) is 4.03. The van der Waals surface area contributed by atoms with Crippen molar-refractivity contribution in [2.75, 3.05) is 0 Å². The second kappa shape index (κ2) is 9.04. The summed E-state index contributed by atoms with van der Waals surface area (Å²) in [5.41, 5.74) is 1.04. The van der Waals surface area contributed by atoms with E-state index in [9.17, 15) is 14.4 Å². The molecule has 17 heavy (non-hydrogen) atoms. The molecule has 0 spiro atoms. The average molecular weight is 322 g/mol. The number of carbonyl (C=O) groups excluding carboxylic acids is 3. The van der Waals surface area contributed by atoms with E-state index in [-0.39, 0.29) is 25.9 Å². The summed E-state index contributed by atoms with van der Waals surface area (Å²) < 4.78 is 14.1. The first-order chi connectivity index (χ1) is 6.81. The van der Waals surface area contributed by atoms with Crippen LogP contribution in [0.5, 0.6) is 0 Å². The fourth-order valence-electron chi connectivity index (χ4n) is 0.789. The van der Waals surface area contributed by atoms with Crippen molar-refractivity contribution < 1.29 is 27.7 Å². The monoisotopic (exact) mass is 321 g/mol. The van der Waals surface area contributed by atoms with E-state index in [1.807, 2.05) is 0 Å². The molecular formula is C8H18GaNO6Si. The molecule has 0 aliphatic carbocycles. The van der Waals surface area contributed by atoms with Gasteiger partial charge in [-0.1, -0.05) is 6.58 Å². The predicted molar refractivity (Wildman–Crippen MR) is 66.2 cm³/mol. The van der Waals surface area contributed by atoms with E-state index in [1.54, 1.807) is 0 Å². The van der Waals surface area contributed by atoms with Crippen LogP contribution in [-0.2, 0) is 27.7 Å². The molecular weight excluding hydrogens is 304 g/mol. The normalized spacial score (nSPS) is 8.88. The Morgan fingerprint density at radius 2 is 1.18 bits per heavy atom. The van der Waals surface area contributed by atoms with Gasteiger partial charge in [-0.15, -0.1) is 0 Å². The van der Waals surface area contributed by atoms with Gasteiger partial charge in [0.1, 0.15) is 0 Å². The molecule has 0 rings (SSSR count). The Hall–Kier alpha value is -1.04. The summed E-state index contributed by atoms with van der Waals surface area (Å²) in [6.07, 6.45) is 0. The second-order valence-electron chi connectivity index (χ2n) is 2.59. The van der Waals surface area contributed by atoms with Crippen molar-refractivity contribution >= 4 is 46.5 Å². The molecule has 0 aromatic rings. The third-order valence-electron chi connectivity index (χ3n) is 1.11. The summed E-state index contributed by atoms with van der Waals surface area (Å²) in [7, 11) is -3.74. The van der Waals surface area contributed by atoms with Crippen molar-refractivity contribution in [2.24, 2.45) is 0 Å². The Bertz CT molecular complexity index is 268. The van der Waals surface area contributed by atoms with Crippen LogP contribution in [0, 0.1) is 0 Å². The molecule has 0 aliphatic heterocycles. The van der Waals surface area contributed by atoms with Crippen LogP contribution in [0.15, 0.2) is 12.3 Å². The zero-order chi connectivity index (χ0) is 12.1. The molecule has 0 fully saturated rings. The Morgan fingerprint density at radius 3 is 1.29 bits per heavy atom. The van der Waals surface area contributed by atoms with Gasteiger partial charge in [0.25, 0.3) is 17.9 Å². The second-order valence-corrected chi connectivity index (χ2v) is 4.82. The van der Waals surface area contributed by atoms with Crippen LogP contribution in [0.1, 0.15) is 20.8 Å². The summed E-state index contributed by atoms with van der Waals surface area (Å²) in [4.78, 5) is 32.3. The molecule has 0 saturated heterocycles. The van der Waals surface area contributed by atoms with Crippen LogP contribution in [0.4, 0.5) is 0 Å². The number of hydrogen-bond donors (Lipinski definition) is 1. The SMILES string of the molecule is C=C[Si](OC(C)=O)(OC(C)=O)OC(C)=O.N.[GaH3]. The average Bonchev–Trinajstić information content (AvgIpc) is 1.99. The minimum absolute atomic E-state index is 0. The van der Waals surface area contributed by atoms with Crippen LogP contribution in [0.3, 0.4) is 0 Å². The predicted octanol–water partition coefficient (Wildman–Crippen LogP) is -0.682. The van der Waals surface area contributed by atoms with Gasteiger partial charge in [0.2, 0.25) is 0 Å². The fraction of sp³-hybridized carbons (Fsp3) is 0.375. The molecule has 7 nitrogen and oxygen atoms in total. The summed E-state index contributed by atoms with van der Waals surface area (Å²) >= 11 is 0. The molecule has 0 radical (unpaired) electrons. The Kier molecular flexibility index (Phi) is 11.3. The van der Waals surface area contributed by atoms with Crippen LogP contribution < -0.4 is 6.15 Å². The van der Waals surface area contributed by atoms with Gasteiger partial charge in [-0.3, -0.25) is 14.4 Å².